The molecule has 18 heavy (non-hydrogen) atoms. The molecule has 0 aromatic heterocycles. The lowest BCUT2D eigenvalue weighted by Gasteiger charge is -2.15. The number of methoxy groups -OCH3 is 1. The highest BCUT2D eigenvalue weighted by molar-refractivity contribution is 5.61. The summed E-state index contributed by atoms with van der Waals surface area (Å²) in [4.78, 5) is 11.1. The Balaban J connectivity index is 2.23. The van der Waals surface area contributed by atoms with E-state index in [1.807, 2.05) is 42.5 Å². The molecule has 0 aliphatic heterocycles. The number of rotatable bonds is 5. The molecular formula is C15H14O3. The molecule has 1 unspecified atom stereocenters. The molecule has 2 aromatic rings. The van der Waals surface area contributed by atoms with Crippen molar-refractivity contribution in [1.82, 2.24) is 0 Å². The van der Waals surface area contributed by atoms with E-state index >= 15 is 0 Å². The monoisotopic (exact) mass is 242 g/mol. The van der Waals surface area contributed by atoms with Gasteiger partial charge in [0.1, 0.15) is 0 Å². The summed E-state index contributed by atoms with van der Waals surface area (Å²) >= 11 is 0. The van der Waals surface area contributed by atoms with Crippen molar-refractivity contribution in [3.8, 4) is 11.5 Å². The Bertz CT molecular complexity index is 508. The fourth-order valence-electron chi connectivity index (χ4n) is 1.67. The third kappa shape index (κ3) is 2.69. The van der Waals surface area contributed by atoms with Crippen LogP contribution in [0.25, 0.3) is 0 Å². The Morgan fingerprint density at radius 2 is 1.56 bits per heavy atom. The molecule has 0 saturated heterocycles. The van der Waals surface area contributed by atoms with Gasteiger partial charge in [-0.3, -0.25) is 4.79 Å². The highest BCUT2D eigenvalue weighted by Gasteiger charge is 2.13. The Hall–Kier alpha value is -2.29. The first-order valence-electron chi connectivity index (χ1n) is 5.65. The van der Waals surface area contributed by atoms with Gasteiger partial charge in [-0.15, -0.1) is 0 Å². The van der Waals surface area contributed by atoms with E-state index < -0.39 is 6.10 Å². The van der Waals surface area contributed by atoms with Crippen LogP contribution in [0, 0.1) is 0 Å². The van der Waals surface area contributed by atoms with Crippen LogP contribution in [0.5, 0.6) is 11.5 Å². The molecule has 0 aliphatic rings. The first kappa shape index (κ1) is 12.2. The molecule has 0 saturated carbocycles. The van der Waals surface area contributed by atoms with E-state index in [0.29, 0.717) is 11.5 Å². The topological polar surface area (TPSA) is 35.5 Å². The van der Waals surface area contributed by atoms with Crippen molar-refractivity contribution in [3.63, 3.8) is 0 Å². The maximum Gasteiger partial charge on any atom is 0.179 e. The molecule has 0 aliphatic carbocycles. The van der Waals surface area contributed by atoms with Gasteiger partial charge < -0.3 is 9.47 Å². The summed E-state index contributed by atoms with van der Waals surface area (Å²) in [6.45, 7) is 0. The first-order chi connectivity index (χ1) is 8.85. The number of carbonyl (C=O) groups excluding carboxylic acids is 1. The van der Waals surface area contributed by atoms with Crippen molar-refractivity contribution in [2.75, 3.05) is 7.11 Å². The maximum absolute atomic E-state index is 11.1. The summed E-state index contributed by atoms with van der Waals surface area (Å²) in [5, 5.41) is 0. The molecule has 3 heteroatoms. The van der Waals surface area contributed by atoms with Gasteiger partial charge in [-0.05, 0) is 17.7 Å². The van der Waals surface area contributed by atoms with Gasteiger partial charge in [-0.25, -0.2) is 0 Å². The summed E-state index contributed by atoms with van der Waals surface area (Å²) < 4.78 is 10.9. The van der Waals surface area contributed by atoms with Gasteiger partial charge in [0.2, 0.25) is 0 Å². The number of carbonyl (C=O) groups is 1. The highest BCUT2D eigenvalue weighted by Crippen LogP contribution is 2.29. The van der Waals surface area contributed by atoms with Gasteiger partial charge in [0.15, 0.2) is 23.9 Å². The van der Waals surface area contributed by atoms with E-state index in [1.165, 1.54) is 0 Å². The van der Waals surface area contributed by atoms with Crippen molar-refractivity contribution >= 4 is 6.29 Å². The predicted octanol–water partition coefficient (Wildman–Crippen LogP) is 3.01. The van der Waals surface area contributed by atoms with Gasteiger partial charge in [0.25, 0.3) is 0 Å². The number of aldehydes is 1. The molecular weight excluding hydrogens is 228 g/mol. The van der Waals surface area contributed by atoms with Gasteiger partial charge in [0, 0.05) is 0 Å². The van der Waals surface area contributed by atoms with Crippen LogP contribution in [0.15, 0.2) is 54.6 Å². The fourth-order valence-corrected chi connectivity index (χ4v) is 1.67. The number of hydrogen-bond donors (Lipinski definition) is 0. The van der Waals surface area contributed by atoms with E-state index in [4.69, 9.17) is 9.47 Å². The van der Waals surface area contributed by atoms with Crippen LogP contribution in [0.1, 0.15) is 11.7 Å². The number of ether oxygens (including phenoxy) is 2. The smallest absolute Gasteiger partial charge is 0.179 e. The van der Waals surface area contributed by atoms with Crippen LogP contribution >= 0.6 is 0 Å². The Morgan fingerprint density at radius 1 is 0.944 bits per heavy atom. The van der Waals surface area contributed by atoms with Crippen LogP contribution in [0.3, 0.4) is 0 Å². The average Bonchev–Trinajstić information content (AvgIpc) is 2.46. The van der Waals surface area contributed by atoms with Crippen molar-refractivity contribution in [2.24, 2.45) is 0 Å². The second kappa shape index (κ2) is 5.87. The minimum Gasteiger partial charge on any atom is -0.493 e. The second-order valence-electron chi connectivity index (χ2n) is 3.74. The Morgan fingerprint density at radius 3 is 2.17 bits per heavy atom. The van der Waals surface area contributed by atoms with E-state index in [2.05, 4.69) is 0 Å². The lowest BCUT2D eigenvalue weighted by atomic mass is 10.1. The van der Waals surface area contributed by atoms with E-state index in [-0.39, 0.29) is 0 Å². The van der Waals surface area contributed by atoms with E-state index in [1.54, 1.807) is 19.2 Å². The van der Waals surface area contributed by atoms with Gasteiger partial charge in [-0.2, -0.15) is 0 Å². The summed E-state index contributed by atoms with van der Waals surface area (Å²) in [5.41, 5.74) is 0.818. The van der Waals surface area contributed by atoms with Gasteiger partial charge in [0.05, 0.1) is 7.11 Å². The van der Waals surface area contributed by atoms with Crippen LogP contribution in [-0.2, 0) is 4.79 Å². The highest BCUT2D eigenvalue weighted by atomic mass is 16.5. The molecule has 3 nitrogen and oxygen atoms in total. The number of para-hydroxylation sites is 2. The third-order valence-electron chi connectivity index (χ3n) is 2.57. The van der Waals surface area contributed by atoms with Crippen LogP contribution < -0.4 is 9.47 Å². The molecule has 2 rings (SSSR count). The molecule has 0 N–H and O–H groups in total. The average molecular weight is 242 g/mol. The Kier molecular flexibility index (Phi) is 3.97. The molecule has 0 fully saturated rings. The quantitative estimate of drug-likeness (QED) is 0.756. The summed E-state index contributed by atoms with van der Waals surface area (Å²) in [6, 6.07) is 16.6. The van der Waals surface area contributed by atoms with Crippen molar-refractivity contribution in [2.45, 2.75) is 6.10 Å². The molecule has 1 atom stereocenters. The molecule has 0 amide bonds. The van der Waals surface area contributed by atoms with Crippen molar-refractivity contribution in [3.05, 3.63) is 60.2 Å². The van der Waals surface area contributed by atoms with Gasteiger partial charge >= 0.3 is 0 Å². The summed E-state index contributed by atoms with van der Waals surface area (Å²) in [5.74, 6) is 1.17. The lowest BCUT2D eigenvalue weighted by Crippen LogP contribution is -2.09. The largest absolute Gasteiger partial charge is 0.493 e. The zero-order chi connectivity index (χ0) is 12.8. The van der Waals surface area contributed by atoms with E-state index in [0.717, 1.165) is 11.8 Å². The standard InChI is InChI=1S/C15H14O3/c1-17-13-9-5-6-10-14(13)18-15(11-16)12-7-3-2-4-8-12/h2-11,15H,1H3. The minimum atomic E-state index is -0.623. The molecule has 92 valence electrons. The number of hydrogen-bond acceptors (Lipinski definition) is 3. The third-order valence-corrected chi connectivity index (χ3v) is 2.57. The molecule has 2 aromatic carbocycles. The lowest BCUT2D eigenvalue weighted by molar-refractivity contribution is -0.113. The molecule has 0 radical (unpaired) electrons. The van der Waals surface area contributed by atoms with E-state index in [9.17, 15) is 4.79 Å². The first-order valence-corrected chi connectivity index (χ1v) is 5.65. The normalized spacial score (nSPS) is 11.6. The fraction of sp³-hybridized carbons (Fsp3) is 0.133. The summed E-state index contributed by atoms with van der Waals surface area (Å²) in [6.07, 6.45) is 0.157. The zero-order valence-corrected chi connectivity index (χ0v) is 10.1. The van der Waals surface area contributed by atoms with Gasteiger partial charge in [-0.1, -0.05) is 42.5 Å². The number of benzene rings is 2. The molecule has 0 spiro atoms. The minimum absolute atomic E-state index is 0.556. The predicted molar refractivity (Wildman–Crippen MR) is 68.9 cm³/mol. The Labute approximate surface area is 106 Å². The molecule has 0 bridgehead atoms. The maximum atomic E-state index is 11.1. The van der Waals surface area contributed by atoms with Crippen LogP contribution in [0.4, 0.5) is 0 Å². The van der Waals surface area contributed by atoms with Crippen molar-refractivity contribution in [1.29, 1.82) is 0 Å². The zero-order valence-electron chi connectivity index (χ0n) is 10.1. The van der Waals surface area contributed by atoms with Crippen LogP contribution in [-0.4, -0.2) is 13.4 Å². The van der Waals surface area contributed by atoms with Crippen LogP contribution in [0.2, 0.25) is 0 Å². The molecule has 0 heterocycles. The second-order valence-corrected chi connectivity index (χ2v) is 3.74. The van der Waals surface area contributed by atoms with Crippen molar-refractivity contribution < 1.29 is 14.3 Å². The SMILES string of the molecule is COc1ccccc1OC(C=O)c1ccccc1. The summed E-state index contributed by atoms with van der Waals surface area (Å²) in [7, 11) is 1.57.